The monoisotopic (exact) mass is 260 g/mol. The van der Waals surface area contributed by atoms with E-state index in [4.69, 9.17) is 0 Å². The molecule has 0 aromatic heterocycles. The van der Waals surface area contributed by atoms with Crippen LogP contribution in [0.3, 0.4) is 0 Å². The van der Waals surface area contributed by atoms with Gasteiger partial charge in [-0.1, -0.05) is 44.2 Å². The maximum absolute atomic E-state index is 3.69. The van der Waals surface area contributed by atoms with Crippen molar-refractivity contribution in [2.45, 2.75) is 51.7 Å². The van der Waals surface area contributed by atoms with Crippen molar-refractivity contribution in [1.29, 1.82) is 0 Å². The van der Waals surface area contributed by atoms with Gasteiger partial charge in [-0.25, -0.2) is 0 Å². The Balaban J connectivity index is 2.08. The number of rotatable bonds is 7. The van der Waals surface area contributed by atoms with Crippen LogP contribution >= 0.6 is 0 Å². The van der Waals surface area contributed by atoms with Crippen LogP contribution in [0.25, 0.3) is 0 Å². The summed E-state index contributed by atoms with van der Waals surface area (Å²) in [5.41, 5.74) is 1.42. The summed E-state index contributed by atoms with van der Waals surface area (Å²) in [6, 6.07) is 12.7. The highest BCUT2D eigenvalue weighted by molar-refractivity contribution is 5.19. The first-order valence-electron chi connectivity index (χ1n) is 7.60. The quantitative estimate of drug-likeness (QED) is 0.807. The Morgan fingerprint density at radius 2 is 1.79 bits per heavy atom. The summed E-state index contributed by atoms with van der Waals surface area (Å²) in [7, 11) is 2.26. The van der Waals surface area contributed by atoms with Gasteiger partial charge in [-0.3, -0.25) is 4.90 Å². The van der Waals surface area contributed by atoms with Crippen molar-refractivity contribution in [2.24, 2.45) is 5.92 Å². The fourth-order valence-corrected chi connectivity index (χ4v) is 2.49. The molecule has 1 aromatic rings. The second kappa shape index (κ2) is 6.53. The van der Waals surface area contributed by atoms with Crippen LogP contribution in [0, 0.1) is 5.92 Å². The third-order valence-electron chi connectivity index (χ3n) is 4.46. The van der Waals surface area contributed by atoms with Crippen molar-refractivity contribution >= 4 is 0 Å². The minimum atomic E-state index is 0.471. The van der Waals surface area contributed by atoms with Gasteiger partial charge in [0.2, 0.25) is 0 Å². The first-order valence-corrected chi connectivity index (χ1v) is 7.60. The van der Waals surface area contributed by atoms with Crippen LogP contribution in [-0.4, -0.2) is 30.6 Å². The van der Waals surface area contributed by atoms with E-state index >= 15 is 0 Å². The third-order valence-corrected chi connectivity index (χ3v) is 4.46. The maximum atomic E-state index is 3.69. The first kappa shape index (κ1) is 14.5. The van der Waals surface area contributed by atoms with Gasteiger partial charge in [0.1, 0.15) is 0 Å². The molecule has 1 N–H and O–H groups in total. The fraction of sp³-hybridized carbons (Fsp3) is 0.647. The average molecular weight is 260 g/mol. The van der Waals surface area contributed by atoms with E-state index in [1.54, 1.807) is 0 Å². The molecule has 1 saturated carbocycles. The van der Waals surface area contributed by atoms with Crippen LogP contribution in [0.4, 0.5) is 0 Å². The van der Waals surface area contributed by atoms with Crippen LogP contribution in [0.2, 0.25) is 0 Å². The van der Waals surface area contributed by atoms with Gasteiger partial charge in [0.05, 0.1) is 0 Å². The molecule has 1 aliphatic carbocycles. The Morgan fingerprint density at radius 1 is 1.16 bits per heavy atom. The van der Waals surface area contributed by atoms with E-state index in [1.807, 2.05) is 0 Å². The highest BCUT2D eigenvalue weighted by Gasteiger charge is 2.26. The topological polar surface area (TPSA) is 15.3 Å². The lowest BCUT2D eigenvalue weighted by molar-refractivity contribution is 0.145. The van der Waals surface area contributed by atoms with Gasteiger partial charge in [0.15, 0.2) is 0 Å². The lowest BCUT2D eigenvalue weighted by atomic mass is 9.99. The molecule has 0 amide bonds. The molecule has 2 heteroatoms. The summed E-state index contributed by atoms with van der Waals surface area (Å²) >= 11 is 0. The van der Waals surface area contributed by atoms with Gasteiger partial charge >= 0.3 is 0 Å². The van der Waals surface area contributed by atoms with E-state index in [0.717, 1.165) is 12.6 Å². The number of nitrogens with zero attached hydrogens (tertiary/aromatic N) is 1. The Bertz CT molecular complexity index is 370. The molecule has 106 valence electrons. The lowest BCUT2D eigenvalue weighted by Crippen LogP contribution is -2.41. The highest BCUT2D eigenvalue weighted by Crippen LogP contribution is 2.25. The van der Waals surface area contributed by atoms with Gasteiger partial charge in [-0.15, -0.1) is 0 Å². The molecular weight excluding hydrogens is 232 g/mol. The average Bonchev–Trinajstić information content (AvgIpc) is 3.23. The Kier molecular flexibility index (Phi) is 5.00. The molecule has 0 saturated heterocycles. The second-order valence-corrected chi connectivity index (χ2v) is 6.26. The summed E-state index contributed by atoms with van der Waals surface area (Å²) in [4.78, 5) is 2.52. The standard InChI is InChI=1S/C17H28N2/c1-13(2)14(3)19(4)17(12-18-16-10-11-16)15-8-6-5-7-9-15/h5-9,13-14,16-18H,10-12H2,1-4H3. The zero-order valence-corrected chi connectivity index (χ0v) is 12.8. The Morgan fingerprint density at radius 3 is 2.32 bits per heavy atom. The van der Waals surface area contributed by atoms with Crippen LogP contribution in [-0.2, 0) is 0 Å². The number of nitrogens with one attached hydrogen (secondary N) is 1. The number of hydrogen-bond acceptors (Lipinski definition) is 2. The van der Waals surface area contributed by atoms with Crippen LogP contribution < -0.4 is 5.32 Å². The number of hydrogen-bond donors (Lipinski definition) is 1. The molecule has 2 nitrogen and oxygen atoms in total. The molecule has 0 aliphatic heterocycles. The molecule has 2 atom stereocenters. The van der Waals surface area contributed by atoms with E-state index in [0.29, 0.717) is 18.0 Å². The zero-order valence-electron chi connectivity index (χ0n) is 12.8. The third kappa shape index (κ3) is 4.05. The summed E-state index contributed by atoms with van der Waals surface area (Å²) in [5.74, 6) is 0.678. The maximum Gasteiger partial charge on any atom is 0.0472 e. The van der Waals surface area contributed by atoms with Gasteiger partial charge in [0, 0.05) is 24.7 Å². The van der Waals surface area contributed by atoms with Crippen molar-refractivity contribution in [2.75, 3.05) is 13.6 Å². The van der Waals surface area contributed by atoms with Gasteiger partial charge in [-0.2, -0.15) is 0 Å². The molecule has 0 radical (unpaired) electrons. The molecule has 1 aliphatic rings. The number of likely N-dealkylation sites (N-methyl/N-ethyl adjacent to an activating group) is 1. The van der Waals surface area contributed by atoms with Crippen LogP contribution in [0.1, 0.15) is 45.2 Å². The summed E-state index contributed by atoms with van der Waals surface area (Å²) in [5, 5.41) is 3.69. The van der Waals surface area contributed by atoms with Crippen molar-refractivity contribution in [1.82, 2.24) is 10.2 Å². The summed E-state index contributed by atoms with van der Waals surface area (Å²) < 4.78 is 0. The smallest absolute Gasteiger partial charge is 0.0472 e. The van der Waals surface area contributed by atoms with E-state index in [1.165, 1.54) is 18.4 Å². The second-order valence-electron chi connectivity index (χ2n) is 6.26. The van der Waals surface area contributed by atoms with Gasteiger partial charge < -0.3 is 5.32 Å². The molecule has 19 heavy (non-hydrogen) atoms. The molecule has 2 unspecified atom stereocenters. The predicted octanol–water partition coefficient (Wildman–Crippen LogP) is 3.46. The molecule has 0 bridgehead atoms. The van der Waals surface area contributed by atoms with Crippen LogP contribution in [0.5, 0.6) is 0 Å². The van der Waals surface area contributed by atoms with Crippen molar-refractivity contribution in [3.63, 3.8) is 0 Å². The molecule has 0 spiro atoms. The lowest BCUT2D eigenvalue weighted by Gasteiger charge is -2.36. The van der Waals surface area contributed by atoms with Gasteiger partial charge in [-0.05, 0) is 38.3 Å². The van der Waals surface area contributed by atoms with E-state index in [9.17, 15) is 0 Å². The SMILES string of the molecule is CC(C)C(C)N(C)C(CNC1CC1)c1ccccc1. The molecular formula is C17H28N2. The molecule has 2 rings (SSSR count). The Hall–Kier alpha value is -0.860. The fourth-order valence-electron chi connectivity index (χ4n) is 2.49. The minimum absolute atomic E-state index is 0.471. The molecule has 1 aromatic carbocycles. The van der Waals surface area contributed by atoms with E-state index in [-0.39, 0.29) is 0 Å². The highest BCUT2D eigenvalue weighted by atomic mass is 15.2. The molecule has 0 heterocycles. The molecule has 1 fully saturated rings. The van der Waals surface area contributed by atoms with E-state index < -0.39 is 0 Å². The van der Waals surface area contributed by atoms with Gasteiger partial charge in [0.25, 0.3) is 0 Å². The van der Waals surface area contributed by atoms with Crippen molar-refractivity contribution < 1.29 is 0 Å². The normalized spacial score (nSPS) is 18.8. The number of benzene rings is 1. The first-order chi connectivity index (χ1) is 9.09. The van der Waals surface area contributed by atoms with E-state index in [2.05, 4.69) is 68.4 Å². The van der Waals surface area contributed by atoms with Crippen LogP contribution in [0.15, 0.2) is 30.3 Å². The van der Waals surface area contributed by atoms with Crippen molar-refractivity contribution in [3.8, 4) is 0 Å². The predicted molar refractivity (Wildman–Crippen MR) is 82.3 cm³/mol. The zero-order chi connectivity index (χ0) is 13.8. The van der Waals surface area contributed by atoms with Crippen molar-refractivity contribution in [3.05, 3.63) is 35.9 Å². The summed E-state index contributed by atoms with van der Waals surface area (Å²) in [6.45, 7) is 8.00. The Labute approximate surface area is 118 Å². The largest absolute Gasteiger partial charge is 0.312 e. The summed E-state index contributed by atoms with van der Waals surface area (Å²) in [6.07, 6.45) is 2.70. The minimum Gasteiger partial charge on any atom is -0.312 e.